The molecule has 2 rings (SSSR count). The van der Waals surface area contributed by atoms with Gasteiger partial charge >= 0.3 is 0 Å². The van der Waals surface area contributed by atoms with E-state index >= 15 is 0 Å². The molecule has 0 radical (unpaired) electrons. The number of hydrogen-bond donors (Lipinski definition) is 2. The fourth-order valence-electron chi connectivity index (χ4n) is 3.00. The predicted molar refractivity (Wildman–Crippen MR) is 121 cm³/mol. The van der Waals surface area contributed by atoms with Crippen LogP contribution in [0.3, 0.4) is 0 Å². The molecule has 0 saturated carbocycles. The van der Waals surface area contributed by atoms with Gasteiger partial charge in [0, 0.05) is 43.0 Å². The summed E-state index contributed by atoms with van der Waals surface area (Å²) in [5.74, 6) is 0.889. The summed E-state index contributed by atoms with van der Waals surface area (Å²) in [6, 6.07) is 0.879. The van der Waals surface area contributed by atoms with Gasteiger partial charge in [0.15, 0.2) is 5.96 Å². The van der Waals surface area contributed by atoms with Crippen molar-refractivity contribution in [3.8, 4) is 0 Å². The molecule has 1 saturated heterocycles. The fourth-order valence-corrected chi connectivity index (χ4v) is 3.93. The lowest BCUT2D eigenvalue weighted by molar-refractivity contribution is -0.0165. The molecule has 0 amide bonds. The number of morpholine rings is 1. The molecule has 2 unspecified atom stereocenters. The van der Waals surface area contributed by atoms with Crippen LogP contribution in [0.1, 0.15) is 36.3 Å². The van der Waals surface area contributed by atoms with E-state index in [9.17, 15) is 0 Å². The number of thiazole rings is 1. The van der Waals surface area contributed by atoms with Gasteiger partial charge in [-0.2, -0.15) is 0 Å². The summed E-state index contributed by atoms with van der Waals surface area (Å²) in [7, 11) is 0. The molecule has 0 spiro atoms. The zero-order valence-corrected chi connectivity index (χ0v) is 19.8. The summed E-state index contributed by atoms with van der Waals surface area (Å²) in [4.78, 5) is 13.2. The summed E-state index contributed by atoms with van der Waals surface area (Å²) < 4.78 is 5.52. The van der Waals surface area contributed by atoms with Crippen LogP contribution in [0.25, 0.3) is 0 Å². The van der Waals surface area contributed by atoms with Crippen molar-refractivity contribution in [2.24, 2.45) is 4.99 Å². The third-order valence-corrected chi connectivity index (χ3v) is 5.68. The highest BCUT2D eigenvalue weighted by atomic mass is 127. The number of nitrogens with one attached hydrogen (secondary N) is 2. The van der Waals surface area contributed by atoms with E-state index in [1.165, 1.54) is 9.88 Å². The minimum absolute atomic E-state index is 0. The molecule has 2 heterocycles. The molecular weight excluding hydrogens is 461 g/mol. The number of halogens is 1. The van der Waals surface area contributed by atoms with Crippen LogP contribution >= 0.6 is 35.3 Å². The topological polar surface area (TPSA) is 61.8 Å². The molecule has 0 aromatic carbocycles. The van der Waals surface area contributed by atoms with Crippen LogP contribution in [0, 0.1) is 13.8 Å². The zero-order chi connectivity index (χ0) is 18.2. The van der Waals surface area contributed by atoms with E-state index in [2.05, 4.69) is 55.1 Å². The molecule has 2 atom stereocenters. The van der Waals surface area contributed by atoms with E-state index in [4.69, 9.17) is 9.73 Å². The highest BCUT2D eigenvalue weighted by molar-refractivity contribution is 14.0. The molecule has 150 valence electrons. The van der Waals surface area contributed by atoms with Gasteiger partial charge in [-0.05, 0) is 34.6 Å². The summed E-state index contributed by atoms with van der Waals surface area (Å²) in [5.41, 5.74) is 1.15. The Kier molecular flexibility index (Phi) is 11.0. The van der Waals surface area contributed by atoms with Crippen LogP contribution in [0.2, 0.25) is 0 Å². The lowest BCUT2D eigenvalue weighted by atomic mass is 10.2. The minimum atomic E-state index is 0. The molecular formula is C18H34IN5OS. The Morgan fingerprint density at radius 1 is 1.42 bits per heavy atom. The number of aromatic nitrogens is 1. The molecule has 1 aromatic rings. The quantitative estimate of drug-likeness (QED) is 0.346. The number of rotatable bonds is 7. The largest absolute Gasteiger partial charge is 0.379 e. The van der Waals surface area contributed by atoms with Crippen LogP contribution < -0.4 is 10.6 Å². The number of nitrogens with zero attached hydrogens (tertiary/aromatic N) is 3. The van der Waals surface area contributed by atoms with Gasteiger partial charge in [0.05, 0.1) is 30.5 Å². The van der Waals surface area contributed by atoms with Crippen LogP contribution in [0.5, 0.6) is 0 Å². The molecule has 0 aliphatic carbocycles. The molecule has 1 aliphatic heterocycles. The first-order valence-corrected chi connectivity index (χ1v) is 10.1. The molecule has 1 aliphatic rings. The van der Waals surface area contributed by atoms with Crippen molar-refractivity contribution in [1.82, 2.24) is 20.5 Å². The minimum Gasteiger partial charge on any atom is -0.379 e. The second-order valence-electron chi connectivity index (χ2n) is 6.66. The fraction of sp³-hybridized carbons (Fsp3) is 0.778. The summed E-state index contributed by atoms with van der Waals surface area (Å²) in [6.07, 6.45) is 0.930. The highest BCUT2D eigenvalue weighted by Crippen LogP contribution is 2.16. The van der Waals surface area contributed by atoms with E-state index in [1.54, 1.807) is 11.3 Å². The maximum atomic E-state index is 5.52. The van der Waals surface area contributed by atoms with Crippen molar-refractivity contribution in [3.05, 3.63) is 15.6 Å². The Morgan fingerprint density at radius 2 is 2.19 bits per heavy atom. The van der Waals surface area contributed by atoms with Crippen molar-refractivity contribution in [3.63, 3.8) is 0 Å². The monoisotopic (exact) mass is 495 g/mol. The van der Waals surface area contributed by atoms with Gasteiger partial charge in [-0.25, -0.2) is 4.98 Å². The second kappa shape index (κ2) is 12.1. The van der Waals surface area contributed by atoms with Crippen LogP contribution in [0.15, 0.2) is 4.99 Å². The van der Waals surface area contributed by atoms with Crippen LogP contribution in [0.4, 0.5) is 0 Å². The van der Waals surface area contributed by atoms with E-state index in [-0.39, 0.29) is 24.0 Å². The molecule has 26 heavy (non-hydrogen) atoms. The second-order valence-corrected chi connectivity index (χ2v) is 7.94. The van der Waals surface area contributed by atoms with Crippen LogP contribution in [-0.4, -0.2) is 67.3 Å². The standard InChI is InChI=1S/C18H33N5OS.HI/c1-6-19-18(20-8-7-17-22-15(4)16(5)25-17)21-11-13(2)23-9-10-24-12-14(23)3;/h13-14H,6-12H2,1-5H3,(H2,19,20,21);1H. The normalized spacial score (nSPS) is 19.7. The summed E-state index contributed by atoms with van der Waals surface area (Å²) >= 11 is 1.79. The maximum Gasteiger partial charge on any atom is 0.191 e. The highest BCUT2D eigenvalue weighted by Gasteiger charge is 2.23. The average Bonchev–Trinajstić information content (AvgIpc) is 2.90. The van der Waals surface area contributed by atoms with Crippen molar-refractivity contribution >= 4 is 41.3 Å². The third kappa shape index (κ3) is 7.28. The lowest BCUT2D eigenvalue weighted by Crippen LogP contribution is -2.49. The SMILES string of the molecule is CCNC(=NCC(C)N1CCOCC1C)NCCc1nc(C)c(C)s1.I. The zero-order valence-electron chi connectivity index (χ0n) is 16.7. The number of hydrogen-bond acceptors (Lipinski definition) is 5. The Hall–Kier alpha value is -0.450. The predicted octanol–water partition coefficient (Wildman–Crippen LogP) is 2.58. The van der Waals surface area contributed by atoms with Gasteiger partial charge < -0.3 is 15.4 Å². The van der Waals surface area contributed by atoms with E-state index in [0.29, 0.717) is 12.1 Å². The summed E-state index contributed by atoms with van der Waals surface area (Å²) in [5, 5.41) is 7.95. The van der Waals surface area contributed by atoms with Gasteiger partial charge in [-0.3, -0.25) is 9.89 Å². The molecule has 0 bridgehead atoms. The van der Waals surface area contributed by atoms with Gasteiger partial charge in [0.2, 0.25) is 0 Å². The Balaban J connectivity index is 0.00000338. The van der Waals surface area contributed by atoms with Crippen molar-refractivity contribution in [2.75, 3.05) is 39.4 Å². The number of guanidine groups is 1. The van der Waals surface area contributed by atoms with E-state index < -0.39 is 0 Å². The molecule has 1 fully saturated rings. The Bertz CT molecular complexity index is 546. The van der Waals surface area contributed by atoms with E-state index in [0.717, 1.165) is 57.5 Å². The molecule has 8 heteroatoms. The van der Waals surface area contributed by atoms with Crippen molar-refractivity contribution in [1.29, 1.82) is 0 Å². The van der Waals surface area contributed by atoms with Crippen molar-refractivity contribution in [2.45, 2.75) is 53.1 Å². The first-order chi connectivity index (χ1) is 12.0. The third-order valence-electron chi connectivity index (χ3n) is 4.55. The van der Waals surface area contributed by atoms with E-state index in [1.807, 2.05) is 0 Å². The number of aliphatic imine (C=N–C) groups is 1. The van der Waals surface area contributed by atoms with Gasteiger partial charge in [-0.15, -0.1) is 35.3 Å². The Labute approximate surface area is 179 Å². The van der Waals surface area contributed by atoms with Gasteiger partial charge in [0.1, 0.15) is 0 Å². The number of aryl methyl sites for hydroxylation is 2. The average molecular weight is 495 g/mol. The Morgan fingerprint density at radius 3 is 2.81 bits per heavy atom. The summed E-state index contributed by atoms with van der Waals surface area (Å²) in [6.45, 7) is 15.9. The van der Waals surface area contributed by atoms with Crippen molar-refractivity contribution < 1.29 is 4.74 Å². The first-order valence-electron chi connectivity index (χ1n) is 9.29. The first kappa shape index (κ1) is 23.6. The smallest absolute Gasteiger partial charge is 0.191 e. The molecule has 6 nitrogen and oxygen atoms in total. The van der Waals surface area contributed by atoms with Gasteiger partial charge in [-0.1, -0.05) is 0 Å². The molecule has 1 aromatic heterocycles. The number of ether oxygens (including phenoxy) is 1. The maximum absolute atomic E-state index is 5.52. The lowest BCUT2D eigenvalue weighted by Gasteiger charge is -2.37. The van der Waals surface area contributed by atoms with Crippen LogP contribution in [-0.2, 0) is 11.2 Å². The molecule has 2 N–H and O–H groups in total. The van der Waals surface area contributed by atoms with Gasteiger partial charge in [0.25, 0.3) is 0 Å².